The second kappa shape index (κ2) is 5.12. The summed E-state index contributed by atoms with van der Waals surface area (Å²) in [6.45, 7) is 3.92. The molecular weight excluding hydrogens is 252 g/mol. The van der Waals surface area contributed by atoms with E-state index in [1.807, 2.05) is 32.0 Å². The van der Waals surface area contributed by atoms with Gasteiger partial charge < -0.3 is 4.52 Å². The largest absolute Gasteiger partial charge is 0.338 e. The van der Waals surface area contributed by atoms with Crippen LogP contribution in [0.2, 0.25) is 0 Å². The molecule has 1 aromatic heterocycles. The zero-order valence-corrected chi connectivity index (χ0v) is 11.8. The van der Waals surface area contributed by atoms with Gasteiger partial charge in [-0.1, -0.05) is 36.3 Å². The number of aryl methyl sites for hydroxylation is 2. The molecule has 1 unspecified atom stereocenters. The van der Waals surface area contributed by atoms with Crippen molar-refractivity contribution in [1.82, 2.24) is 5.16 Å². The molecule has 1 aliphatic rings. The first kappa shape index (κ1) is 12.9. The standard InChI is InChI=1S/C16H18N2O2/c1-3-12-10(2)18-20-16(12)17-15(19)14-9-8-11-6-4-5-7-13(11)14/h4-7,14H,3,8-9H2,1-2H3,(H,17,19). The molecule has 3 rings (SSSR count). The highest BCUT2D eigenvalue weighted by atomic mass is 16.5. The number of aromatic nitrogens is 1. The topological polar surface area (TPSA) is 55.1 Å². The number of rotatable bonds is 3. The van der Waals surface area contributed by atoms with Crippen LogP contribution < -0.4 is 5.32 Å². The van der Waals surface area contributed by atoms with Crippen molar-refractivity contribution in [2.45, 2.75) is 39.0 Å². The number of nitrogens with one attached hydrogen (secondary N) is 1. The lowest BCUT2D eigenvalue weighted by Gasteiger charge is -2.11. The highest BCUT2D eigenvalue weighted by Gasteiger charge is 2.29. The van der Waals surface area contributed by atoms with Crippen LogP contribution in [0.5, 0.6) is 0 Å². The van der Waals surface area contributed by atoms with Crippen molar-refractivity contribution >= 4 is 11.8 Å². The summed E-state index contributed by atoms with van der Waals surface area (Å²) in [4.78, 5) is 12.5. The minimum atomic E-state index is -0.0821. The highest BCUT2D eigenvalue weighted by Crippen LogP contribution is 2.34. The number of hydrogen-bond acceptors (Lipinski definition) is 3. The van der Waals surface area contributed by atoms with Crippen molar-refractivity contribution in [2.75, 3.05) is 5.32 Å². The number of hydrogen-bond donors (Lipinski definition) is 1. The molecular formula is C16H18N2O2. The first-order chi connectivity index (χ1) is 9.70. The number of benzene rings is 1. The Hall–Kier alpha value is -2.10. The summed E-state index contributed by atoms with van der Waals surface area (Å²) in [6.07, 6.45) is 2.62. The molecule has 0 spiro atoms. The third-order valence-electron chi connectivity index (χ3n) is 4.02. The molecule has 20 heavy (non-hydrogen) atoms. The molecule has 1 amide bonds. The monoisotopic (exact) mass is 270 g/mol. The molecule has 0 fully saturated rings. The fourth-order valence-electron chi connectivity index (χ4n) is 2.93. The van der Waals surface area contributed by atoms with Crippen LogP contribution in [0.15, 0.2) is 28.8 Å². The summed E-state index contributed by atoms with van der Waals surface area (Å²) < 4.78 is 5.22. The molecule has 4 heteroatoms. The van der Waals surface area contributed by atoms with Crippen LogP contribution in [0.4, 0.5) is 5.88 Å². The van der Waals surface area contributed by atoms with Gasteiger partial charge in [0.2, 0.25) is 11.8 Å². The molecule has 0 saturated heterocycles. The van der Waals surface area contributed by atoms with E-state index in [2.05, 4.69) is 16.5 Å². The number of fused-ring (bicyclic) bond motifs is 1. The molecule has 0 radical (unpaired) electrons. The van der Waals surface area contributed by atoms with Crippen LogP contribution >= 0.6 is 0 Å². The molecule has 0 aliphatic heterocycles. The van der Waals surface area contributed by atoms with Gasteiger partial charge in [0.25, 0.3) is 0 Å². The van der Waals surface area contributed by atoms with Crippen molar-refractivity contribution in [3.63, 3.8) is 0 Å². The van der Waals surface area contributed by atoms with Gasteiger partial charge in [-0.25, -0.2) is 0 Å². The van der Waals surface area contributed by atoms with E-state index in [9.17, 15) is 4.79 Å². The number of carbonyl (C=O) groups excluding carboxylic acids is 1. The second-order valence-corrected chi connectivity index (χ2v) is 5.21. The number of nitrogens with zero attached hydrogens (tertiary/aromatic N) is 1. The van der Waals surface area contributed by atoms with Gasteiger partial charge in [0, 0.05) is 5.56 Å². The van der Waals surface area contributed by atoms with Gasteiger partial charge in [0.05, 0.1) is 11.6 Å². The van der Waals surface area contributed by atoms with E-state index in [4.69, 9.17) is 4.52 Å². The molecule has 1 N–H and O–H groups in total. The molecule has 1 heterocycles. The summed E-state index contributed by atoms with van der Waals surface area (Å²) in [7, 11) is 0. The van der Waals surface area contributed by atoms with E-state index < -0.39 is 0 Å². The average Bonchev–Trinajstić information content (AvgIpc) is 3.02. The van der Waals surface area contributed by atoms with Gasteiger partial charge in [-0.3, -0.25) is 10.1 Å². The molecule has 2 aromatic rings. The number of anilines is 1. The zero-order chi connectivity index (χ0) is 14.1. The number of amides is 1. The Morgan fingerprint density at radius 3 is 3.05 bits per heavy atom. The van der Waals surface area contributed by atoms with E-state index in [1.165, 1.54) is 5.56 Å². The maximum Gasteiger partial charge on any atom is 0.234 e. The summed E-state index contributed by atoms with van der Waals surface area (Å²) >= 11 is 0. The van der Waals surface area contributed by atoms with E-state index >= 15 is 0 Å². The summed E-state index contributed by atoms with van der Waals surface area (Å²) in [5, 5.41) is 6.82. The van der Waals surface area contributed by atoms with Crippen LogP contribution in [0.1, 0.15) is 41.6 Å². The summed E-state index contributed by atoms with van der Waals surface area (Å²) in [5.74, 6) is 0.418. The predicted molar refractivity (Wildman–Crippen MR) is 76.8 cm³/mol. The van der Waals surface area contributed by atoms with Crippen LogP contribution in [0.3, 0.4) is 0 Å². The average molecular weight is 270 g/mol. The lowest BCUT2D eigenvalue weighted by molar-refractivity contribution is -0.117. The minimum Gasteiger partial charge on any atom is -0.338 e. The van der Waals surface area contributed by atoms with Gasteiger partial charge in [-0.05, 0) is 37.3 Å². The zero-order valence-electron chi connectivity index (χ0n) is 11.8. The van der Waals surface area contributed by atoms with Crippen LogP contribution in [-0.4, -0.2) is 11.1 Å². The quantitative estimate of drug-likeness (QED) is 0.931. The molecule has 4 nitrogen and oxygen atoms in total. The van der Waals surface area contributed by atoms with Gasteiger partial charge in [-0.2, -0.15) is 0 Å². The molecule has 104 valence electrons. The van der Waals surface area contributed by atoms with Crippen LogP contribution in [-0.2, 0) is 17.6 Å². The van der Waals surface area contributed by atoms with Crippen LogP contribution in [0, 0.1) is 6.92 Å². The summed E-state index contributed by atoms with van der Waals surface area (Å²) in [6, 6.07) is 8.15. The molecule has 0 bridgehead atoms. The Kier molecular flexibility index (Phi) is 3.30. The van der Waals surface area contributed by atoms with Crippen molar-refractivity contribution in [1.29, 1.82) is 0 Å². The van der Waals surface area contributed by atoms with Gasteiger partial charge in [0.15, 0.2) is 0 Å². The van der Waals surface area contributed by atoms with Gasteiger partial charge in [-0.15, -0.1) is 0 Å². The van der Waals surface area contributed by atoms with Crippen LogP contribution in [0.25, 0.3) is 0 Å². The van der Waals surface area contributed by atoms with Crippen molar-refractivity contribution in [3.8, 4) is 0 Å². The Balaban J connectivity index is 1.81. The van der Waals surface area contributed by atoms with E-state index in [1.54, 1.807) is 0 Å². The predicted octanol–water partition coefficient (Wildman–Crippen LogP) is 3.21. The first-order valence-electron chi connectivity index (χ1n) is 7.04. The Morgan fingerprint density at radius 1 is 1.45 bits per heavy atom. The SMILES string of the molecule is CCc1c(C)noc1NC(=O)C1CCc2ccccc21. The minimum absolute atomic E-state index is 0.000741. The normalized spacial score (nSPS) is 17.0. The van der Waals surface area contributed by atoms with E-state index in [0.29, 0.717) is 5.88 Å². The van der Waals surface area contributed by atoms with E-state index in [-0.39, 0.29) is 11.8 Å². The molecule has 1 atom stereocenters. The smallest absolute Gasteiger partial charge is 0.234 e. The maximum atomic E-state index is 12.5. The fourth-order valence-corrected chi connectivity index (χ4v) is 2.93. The van der Waals surface area contributed by atoms with E-state index in [0.717, 1.165) is 36.1 Å². The Bertz CT molecular complexity index is 646. The maximum absolute atomic E-state index is 12.5. The Labute approximate surface area is 118 Å². The van der Waals surface area contributed by atoms with Gasteiger partial charge >= 0.3 is 0 Å². The lowest BCUT2D eigenvalue weighted by atomic mass is 10.0. The Morgan fingerprint density at radius 2 is 2.25 bits per heavy atom. The van der Waals surface area contributed by atoms with Crippen molar-refractivity contribution < 1.29 is 9.32 Å². The number of carbonyl (C=O) groups is 1. The third-order valence-corrected chi connectivity index (χ3v) is 4.02. The highest BCUT2D eigenvalue weighted by molar-refractivity contribution is 5.96. The lowest BCUT2D eigenvalue weighted by Crippen LogP contribution is -2.19. The third kappa shape index (κ3) is 2.11. The van der Waals surface area contributed by atoms with Gasteiger partial charge in [0.1, 0.15) is 0 Å². The molecule has 0 saturated carbocycles. The van der Waals surface area contributed by atoms with Crippen molar-refractivity contribution in [3.05, 3.63) is 46.6 Å². The van der Waals surface area contributed by atoms with Crippen molar-refractivity contribution in [2.24, 2.45) is 0 Å². The first-order valence-corrected chi connectivity index (χ1v) is 7.04. The second-order valence-electron chi connectivity index (χ2n) is 5.21. The fraction of sp³-hybridized carbons (Fsp3) is 0.375. The molecule has 1 aliphatic carbocycles. The molecule has 1 aromatic carbocycles. The summed E-state index contributed by atoms with van der Waals surface area (Å²) in [5.41, 5.74) is 4.23.